The summed E-state index contributed by atoms with van der Waals surface area (Å²) in [5, 5.41) is 15.3. The minimum absolute atomic E-state index is 0.0386. The third-order valence-corrected chi connectivity index (χ3v) is 5.91. The van der Waals surface area contributed by atoms with Crippen LogP contribution in [0.15, 0.2) is 12.2 Å². The zero-order chi connectivity index (χ0) is 20.1. The summed E-state index contributed by atoms with van der Waals surface area (Å²) < 4.78 is 0. The minimum Gasteiger partial charge on any atom is -0.394 e. The van der Waals surface area contributed by atoms with E-state index in [4.69, 9.17) is 0 Å². The molecule has 27 heavy (non-hydrogen) atoms. The largest absolute Gasteiger partial charge is 0.394 e. The fourth-order valence-electron chi connectivity index (χ4n) is 4.42. The number of hydrogen-bond acceptors (Lipinski definition) is 4. The highest BCUT2D eigenvalue weighted by atomic mass is 16.3. The topological polar surface area (TPSA) is 98.7 Å². The van der Waals surface area contributed by atoms with Crippen molar-refractivity contribution in [2.24, 2.45) is 23.7 Å². The Bertz CT molecular complexity index is 592. The summed E-state index contributed by atoms with van der Waals surface area (Å²) in [6.07, 6.45) is 6.49. The molecule has 3 N–H and O–H groups in total. The first-order chi connectivity index (χ1) is 12.9. The van der Waals surface area contributed by atoms with Crippen molar-refractivity contribution in [2.75, 3.05) is 20.2 Å². The van der Waals surface area contributed by atoms with Crippen LogP contribution in [0.1, 0.15) is 40.0 Å². The number of aliphatic hydroxyl groups excluding tert-OH is 1. The third-order valence-electron chi connectivity index (χ3n) is 5.91. The predicted molar refractivity (Wildman–Crippen MR) is 103 cm³/mol. The molecule has 0 saturated carbocycles. The molecule has 7 heteroatoms. The summed E-state index contributed by atoms with van der Waals surface area (Å²) >= 11 is 0. The molecule has 1 fully saturated rings. The van der Waals surface area contributed by atoms with Gasteiger partial charge in [-0.25, -0.2) is 0 Å². The molecule has 0 aromatic rings. The molecule has 6 atom stereocenters. The lowest BCUT2D eigenvalue weighted by atomic mass is 9.69. The van der Waals surface area contributed by atoms with Gasteiger partial charge < -0.3 is 20.6 Å². The molecule has 0 unspecified atom stereocenters. The highest BCUT2D eigenvalue weighted by Gasteiger charge is 2.57. The molecule has 0 spiro atoms. The number of carbonyl (C=O) groups excluding carboxylic acids is 3. The number of aliphatic hydroxyl groups is 1. The van der Waals surface area contributed by atoms with E-state index in [1.807, 2.05) is 26.0 Å². The molecule has 1 aliphatic carbocycles. The van der Waals surface area contributed by atoms with Gasteiger partial charge >= 0.3 is 0 Å². The first-order valence-corrected chi connectivity index (χ1v) is 10.0. The first-order valence-electron chi connectivity index (χ1n) is 10.0. The van der Waals surface area contributed by atoms with E-state index in [2.05, 4.69) is 10.6 Å². The van der Waals surface area contributed by atoms with Crippen molar-refractivity contribution in [3.63, 3.8) is 0 Å². The van der Waals surface area contributed by atoms with E-state index in [1.165, 1.54) is 4.90 Å². The van der Waals surface area contributed by atoms with Gasteiger partial charge in [0.15, 0.2) is 0 Å². The Hall–Kier alpha value is -1.89. The second-order valence-electron chi connectivity index (χ2n) is 7.57. The Morgan fingerprint density at radius 3 is 2.52 bits per heavy atom. The van der Waals surface area contributed by atoms with Gasteiger partial charge in [0.05, 0.1) is 24.5 Å². The molecular formula is C20H33N3O4. The van der Waals surface area contributed by atoms with Crippen LogP contribution < -0.4 is 10.6 Å². The number of rotatable bonds is 8. The lowest BCUT2D eigenvalue weighted by molar-refractivity contribution is -0.143. The van der Waals surface area contributed by atoms with Crippen LogP contribution in [0, 0.1) is 23.7 Å². The van der Waals surface area contributed by atoms with Crippen molar-refractivity contribution in [3.05, 3.63) is 12.2 Å². The number of unbranched alkanes of at least 4 members (excludes halogenated alkanes) is 1. The summed E-state index contributed by atoms with van der Waals surface area (Å²) in [7, 11) is 1.57. The molecule has 2 aliphatic rings. The van der Waals surface area contributed by atoms with Crippen LogP contribution in [0.5, 0.6) is 0 Å². The summed E-state index contributed by atoms with van der Waals surface area (Å²) in [6.45, 7) is 6.10. The fourth-order valence-corrected chi connectivity index (χ4v) is 4.42. The van der Waals surface area contributed by atoms with Crippen molar-refractivity contribution in [1.82, 2.24) is 15.5 Å². The lowest BCUT2D eigenvalue weighted by Crippen LogP contribution is -2.51. The van der Waals surface area contributed by atoms with Crippen LogP contribution in [0.3, 0.4) is 0 Å². The Morgan fingerprint density at radius 1 is 1.26 bits per heavy atom. The minimum atomic E-state index is -0.692. The molecule has 0 radical (unpaired) electrons. The lowest BCUT2D eigenvalue weighted by Gasteiger charge is -2.33. The molecule has 1 heterocycles. The van der Waals surface area contributed by atoms with Gasteiger partial charge in [-0.3, -0.25) is 14.4 Å². The maximum Gasteiger partial charge on any atom is 0.243 e. The van der Waals surface area contributed by atoms with E-state index < -0.39 is 23.9 Å². The van der Waals surface area contributed by atoms with E-state index >= 15 is 0 Å². The number of carbonyl (C=O) groups is 3. The smallest absolute Gasteiger partial charge is 0.243 e. The molecule has 0 aromatic heterocycles. The Kier molecular flexibility index (Phi) is 7.41. The molecule has 1 saturated heterocycles. The molecular weight excluding hydrogens is 346 g/mol. The van der Waals surface area contributed by atoms with Gasteiger partial charge in [0.2, 0.25) is 17.7 Å². The number of likely N-dealkylation sites (tertiary alicyclic amines) is 1. The number of hydrogen-bond donors (Lipinski definition) is 3. The molecule has 0 bridgehead atoms. The average Bonchev–Trinajstić information content (AvgIpc) is 2.98. The van der Waals surface area contributed by atoms with Crippen molar-refractivity contribution < 1.29 is 19.5 Å². The van der Waals surface area contributed by atoms with E-state index in [0.29, 0.717) is 6.54 Å². The van der Waals surface area contributed by atoms with E-state index in [-0.39, 0.29) is 36.2 Å². The maximum absolute atomic E-state index is 13.3. The third kappa shape index (κ3) is 4.03. The molecule has 1 aliphatic heterocycles. The van der Waals surface area contributed by atoms with E-state index in [1.54, 1.807) is 14.0 Å². The summed E-state index contributed by atoms with van der Waals surface area (Å²) in [4.78, 5) is 40.3. The number of nitrogens with one attached hydrogen (secondary N) is 2. The van der Waals surface area contributed by atoms with Gasteiger partial charge in [0, 0.05) is 19.5 Å². The monoisotopic (exact) mass is 379 g/mol. The van der Waals surface area contributed by atoms with E-state index in [0.717, 1.165) is 19.3 Å². The van der Waals surface area contributed by atoms with Gasteiger partial charge in [-0.15, -0.1) is 0 Å². The van der Waals surface area contributed by atoms with Gasteiger partial charge in [0.25, 0.3) is 0 Å². The standard InChI is InChI=1S/C20H33N3O4/c1-5-7-10-22-19(26)17-14-9-8-13(6-2)15(18(25)21-4)16(14)20(27)23(17)12(3)11-24/h8-9,12-17,24H,5-7,10-11H2,1-4H3,(H,21,25)(H,22,26)/t12-,13-,14+,15-,16+,17+/m1/s1. The average molecular weight is 380 g/mol. The number of amides is 3. The van der Waals surface area contributed by atoms with Crippen LogP contribution in [-0.2, 0) is 14.4 Å². The Balaban J connectivity index is 2.41. The zero-order valence-corrected chi connectivity index (χ0v) is 16.8. The predicted octanol–water partition coefficient (Wildman–Crippen LogP) is 0.685. The Morgan fingerprint density at radius 2 is 1.96 bits per heavy atom. The summed E-state index contributed by atoms with van der Waals surface area (Å²) in [5.74, 6) is -2.06. The molecule has 0 aromatic carbocycles. The van der Waals surface area contributed by atoms with Gasteiger partial charge in [0.1, 0.15) is 6.04 Å². The summed E-state index contributed by atoms with van der Waals surface area (Å²) in [5.41, 5.74) is 0. The second-order valence-corrected chi connectivity index (χ2v) is 7.57. The van der Waals surface area contributed by atoms with Gasteiger partial charge in [-0.05, 0) is 25.7 Å². The molecule has 152 valence electrons. The van der Waals surface area contributed by atoms with Crippen LogP contribution in [-0.4, -0.2) is 60.0 Å². The molecule has 7 nitrogen and oxygen atoms in total. The molecule has 3 amide bonds. The SMILES string of the molecule is CCCCNC(=O)[C@@H]1[C@H]2C=C[C@@H](CC)[C@@H](C(=O)NC)[C@H]2C(=O)N1[C@H](C)CO. The Labute approximate surface area is 161 Å². The fraction of sp³-hybridized carbons (Fsp3) is 0.750. The van der Waals surface area contributed by atoms with Crippen molar-refractivity contribution in [3.8, 4) is 0 Å². The van der Waals surface area contributed by atoms with Gasteiger partial charge in [-0.1, -0.05) is 32.4 Å². The normalized spacial score (nSPS) is 30.8. The summed E-state index contributed by atoms with van der Waals surface area (Å²) in [6, 6.07) is -1.17. The van der Waals surface area contributed by atoms with Crippen LogP contribution >= 0.6 is 0 Å². The highest BCUT2D eigenvalue weighted by molar-refractivity contribution is 5.97. The van der Waals surface area contributed by atoms with E-state index in [9.17, 15) is 19.5 Å². The van der Waals surface area contributed by atoms with Crippen molar-refractivity contribution in [2.45, 2.75) is 52.1 Å². The first kappa shape index (κ1) is 21.4. The second kappa shape index (κ2) is 9.35. The van der Waals surface area contributed by atoms with Crippen LogP contribution in [0.25, 0.3) is 0 Å². The quantitative estimate of drug-likeness (QED) is 0.427. The van der Waals surface area contributed by atoms with Gasteiger partial charge in [-0.2, -0.15) is 0 Å². The number of nitrogens with zero attached hydrogens (tertiary/aromatic N) is 1. The highest BCUT2D eigenvalue weighted by Crippen LogP contribution is 2.45. The van der Waals surface area contributed by atoms with Crippen molar-refractivity contribution >= 4 is 17.7 Å². The van der Waals surface area contributed by atoms with Crippen LogP contribution in [0.4, 0.5) is 0 Å². The maximum atomic E-state index is 13.3. The zero-order valence-electron chi connectivity index (χ0n) is 16.8. The number of allylic oxidation sites excluding steroid dienone is 1. The van der Waals surface area contributed by atoms with Crippen LogP contribution in [0.2, 0.25) is 0 Å². The number of fused-ring (bicyclic) bond motifs is 1. The molecule has 2 rings (SSSR count). The van der Waals surface area contributed by atoms with Crippen molar-refractivity contribution in [1.29, 1.82) is 0 Å².